The highest BCUT2D eigenvalue weighted by Gasteiger charge is 2.40. The molecule has 1 amide bonds. The highest BCUT2D eigenvalue weighted by Crippen LogP contribution is 2.34. The highest BCUT2D eigenvalue weighted by molar-refractivity contribution is 5.77. The van der Waals surface area contributed by atoms with Crippen LogP contribution in [0.1, 0.15) is 39.5 Å². The Morgan fingerprint density at radius 2 is 1.90 bits per heavy atom. The Morgan fingerprint density at radius 3 is 2.40 bits per heavy atom. The van der Waals surface area contributed by atoms with Crippen molar-refractivity contribution in [3.63, 3.8) is 0 Å². The zero-order valence-electron chi connectivity index (χ0n) is 11.7. The van der Waals surface area contributed by atoms with Crippen LogP contribution in [0.4, 0.5) is 13.2 Å². The van der Waals surface area contributed by atoms with Gasteiger partial charge in [-0.25, -0.2) is 0 Å². The fourth-order valence-corrected chi connectivity index (χ4v) is 2.37. The molecule has 116 valence electrons. The maximum absolute atomic E-state index is 12.1. The number of aliphatic carboxylic acids is 1. The van der Waals surface area contributed by atoms with E-state index in [2.05, 4.69) is 0 Å². The standard InChI is InChI=1S/C13H20F3NO3/c1-12(2,11(19)20)9-4-3-7-17(8-9)10(18)5-6-13(14,15)16/h9H,3-8H2,1-2H3,(H,19,20). The Bertz CT molecular complexity index is 380. The van der Waals surface area contributed by atoms with Gasteiger partial charge in [0.2, 0.25) is 5.91 Å². The summed E-state index contributed by atoms with van der Waals surface area (Å²) in [4.78, 5) is 24.3. The smallest absolute Gasteiger partial charge is 0.389 e. The first-order chi connectivity index (χ1) is 9.04. The molecule has 1 heterocycles. The third kappa shape index (κ3) is 4.38. The number of nitrogens with zero attached hydrogens (tertiary/aromatic N) is 1. The minimum absolute atomic E-state index is 0.218. The van der Waals surface area contributed by atoms with Crippen LogP contribution in [-0.2, 0) is 9.59 Å². The summed E-state index contributed by atoms with van der Waals surface area (Å²) >= 11 is 0. The summed E-state index contributed by atoms with van der Waals surface area (Å²) in [6.45, 7) is 3.80. The van der Waals surface area contributed by atoms with Gasteiger partial charge in [-0.1, -0.05) is 0 Å². The Balaban J connectivity index is 2.61. The molecule has 1 N–H and O–H groups in total. The highest BCUT2D eigenvalue weighted by atomic mass is 19.4. The Kier molecular flexibility index (Phi) is 5.05. The molecule has 1 rings (SSSR count). The van der Waals surface area contributed by atoms with Crippen molar-refractivity contribution >= 4 is 11.9 Å². The van der Waals surface area contributed by atoms with Crippen LogP contribution in [0.5, 0.6) is 0 Å². The molecule has 7 heteroatoms. The van der Waals surface area contributed by atoms with Crippen molar-refractivity contribution in [1.29, 1.82) is 0 Å². The molecule has 0 saturated carbocycles. The molecule has 4 nitrogen and oxygen atoms in total. The summed E-state index contributed by atoms with van der Waals surface area (Å²) in [6.07, 6.45) is -4.74. The van der Waals surface area contributed by atoms with E-state index in [1.54, 1.807) is 13.8 Å². The second-order valence-corrected chi connectivity index (χ2v) is 5.82. The first-order valence-electron chi connectivity index (χ1n) is 6.62. The molecular weight excluding hydrogens is 275 g/mol. The largest absolute Gasteiger partial charge is 0.481 e. The number of carbonyl (C=O) groups excluding carboxylic acids is 1. The summed E-state index contributed by atoms with van der Waals surface area (Å²) in [6, 6.07) is 0. The van der Waals surface area contributed by atoms with E-state index in [9.17, 15) is 27.9 Å². The topological polar surface area (TPSA) is 57.6 Å². The van der Waals surface area contributed by atoms with Gasteiger partial charge in [0.05, 0.1) is 11.8 Å². The van der Waals surface area contributed by atoms with Crippen LogP contribution in [0.25, 0.3) is 0 Å². The van der Waals surface area contributed by atoms with Crippen molar-refractivity contribution in [2.45, 2.75) is 45.7 Å². The van der Waals surface area contributed by atoms with Crippen LogP contribution in [0.3, 0.4) is 0 Å². The lowest BCUT2D eigenvalue weighted by molar-refractivity contribution is -0.155. The molecule has 1 fully saturated rings. The Labute approximate surface area is 115 Å². The summed E-state index contributed by atoms with van der Waals surface area (Å²) in [5, 5.41) is 9.18. The average molecular weight is 295 g/mol. The number of likely N-dealkylation sites (tertiary alicyclic amines) is 1. The van der Waals surface area contributed by atoms with Crippen molar-refractivity contribution in [3.8, 4) is 0 Å². The van der Waals surface area contributed by atoms with E-state index in [1.165, 1.54) is 4.90 Å². The van der Waals surface area contributed by atoms with Crippen molar-refractivity contribution in [1.82, 2.24) is 4.90 Å². The number of amides is 1. The summed E-state index contributed by atoms with van der Waals surface area (Å²) in [5.41, 5.74) is -0.983. The van der Waals surface area contributed by atoms with Crippen molar-refractivity contribution in [3.05, 3.63) is 0 Å². The molecule has 0 aliphatic carbocycles. The molecule has 1 aliphatic rings. The normalized spacial score (nSPS) is 20.9. The van der Waals surface area contributed by atoms with Gasteiger partial charge in [0, 0.05) is 19.5 Å². The summed E-state index contributed by atoms with van der Waals surface area (Å²) < 4.78 is 36.3. The van der Waals surface area contributed by atoms with Gasteiger partial charge < -0.3 is 10.0 Å². The van der Waals surface area contributed by atoms with Crippen molar-refractivity contribution in [2.75, 3.05) is 13.1 Å². The fourth-order valence-electron chi connectivity index (χ4n) is 2.37. The minimum Gasteiger partial charge on any atom is -0.481 e. The van der Waals surface area contributed by atoms with Crippen LogP contribution in [0.2, 0.25) is 0 Å². The number of carboxylic acids is 1. The van der Waals surface area contributed by atoms with E-state index >= 15 is 0 Å². The van der Waals surface area contributed by atoms with E-state index in [0.29, 0.717) is 19.4 Å². The molecule has 1 aliphatic heterocycles. The van der Waals surface area contributed by atoms with Gasteiger partial charge in [-0.05, 0) is 32.6 Å². The van der Waals surface area contributed by atoms with Crippen molar-refractivity contribution in [2.24, 2.45) is 11.3 Å². The van der Waals surface area contributed by atoms with E-state index < -0.39 is 36.3 Å². The van der Waals surface area contributed by atoms with E-state index in [-0.39, 0.29) is 12.5 Å². The van der Waals surface area contributed by atoms with Gasteiger partial charge in [-0.3, -0.25) is 9.59 Å². The maximum atomic E-state index is 12.1. The first-order valence-corrected chi connectivity index (χ1v) is 6.62. The lowest BCUT2D eigenvalue weighted by Gasteiger charge is -2.39. The number of hydrogen-bond donors (Lipinski definition) is 1. The van der Waals surface area contributed by atoms with Crippen molar-refractivity contribution < 1.29 is 27.9 Å². The molecule has 1 atom stereocenters. The van der Waals surface area contributed by atoms with Crippen LogP contribution in [-0.4, -0.2) is 41.1 Å². The molecule has 0 bridgehead atoms. The number of carboxylic acid groups (broad SMARTS) is 1. The van der Waals surface area contributed by atoms with Gasteiger partial charge in [-0.15, -0.1) is 0 Å². The third-order valence-electron chi connectivity index (χ3n) is 3.97. The van der Waals surface area contributed by atoms with Crippen LogP contribution >= 0.6 is 0 Å². The Hall–Kier alpha value is -1.27. The number of halogens is 3. The molecule has 0 aromatic rings. The zero-order chi connectivity index (χ0) is 15.6. The summed E-state index contributed by atoms with van der Waals surface area (Å²) in [7, 11) is 0. The molecule has 0 aromatic carbocycles. The Morgan fingerprint density at radius 1 is 1.30 bits per heavy atom. The average Bonchev–Trinajstić information content (AvgIpc) is 2.35. The number of carbonyl (C=O) groups is 2. The van der Waals surface area contributed by atoms with Gasteiger partial charge in [0.15, 0.2) is 0 Å². The fraction of sp³-hybridized carbons (Fsp3) is 0.846. The maximum Gasteiger partial charge on any atom is 0.389 e. The SMILES string of the molecule is CC(C)(C(=O)O)C1CCCN(C(=O)CCC(F)(F)F)C1. The molecule has 1 saturated heterocycles. The molecular formula is C13H20F3NO3. The van der Waals surface area contributed by atoms with Crippen LogP contribution < -0.4 is 0 Å². The third-order valence-corrected chi connectivity index (χ3v) is 3.97. The van der Waals surface area contributed by atoms with Gasteiger partial charge in [0.1, 0.15) is 0 Å². The van der Waals surface area contributed by atoms with E-state index in [0.717, 1.165) is 0 Å². The predicted octanol–water partition coefficient (Wildman–Crippen LogP) is 2.68. The predicted molar refractivity (Wildman–Crippen MR) is 66.0 cm³/mol. The molecule has 0 spiro atoms. The van der Waals surface area contributed by atoms with Crippen LogP contribution in [0.15, 0.2) is 0 Å². The first kappa shape index (κ1) is 16.8. The van der Waals surface area contributed by atoms with E-state index in [1.807, 2.05) is 0 Å². The van der Waals surface area contributed by atoms with Gasteiger partial charge in [0.25, 0.3) is 0 Å². The van der Waals surface area contributed by atoms with Gasteiger partial charge >= 0.3 is 12.1 Å². The number of rotatable bonds is 4. The number of hydrogen-bond acceptors (Lipinski definition) is 2. The minimum atomic E-state index is -4.34. The second kappa shape index (κ2) is 6.01. The molecule has 1 unspecified atom stereocenters. The second-order valence-electron chi connectivity index (χ2n) is 5.82. The lowest BCUT2D eigenvalue weighted by atomic mass is 9.74. The number of alkyl halides is 3. The quantitative estimate of drug-likeness (QED) is 0.867. The number of piperidine rings is 1. The zero-order valence-corrected chi connectivity index (χ0v) is 11.7. The van der Waals surface area contributed by atoms with Crippen LogP contribution in [0, 0.1) is 11.3 Å². The van der Waals surface area contributed by atoms with E-state index in [4.69, 9.17) is 0 Å². The molecule has 0 radical (unpaired) electrons. The lowest BCUT2D eigenvalue weighted by Crippen LogP contribution is -2.47. The summed E-state index contributed by atoms with van der Waals surface area (Å²) in [5.74, 6) is -1.73. The van der Waals surface area contributed by atoms with Gasteiger partial charge in [-0.2, -0.15) is 13.2 Å². The monoisotopic (exact) mass is 295 g/mol. The molecule has 20 heavy (non-hydrogen) atoms. The molecule has 0 aromatic heterocycles.